The van der Waals surface area contributed by atoms with Crippen molar-refractivity contribution in [1.29, 1.82) is 0 Å². The van der Waals surface area contributed by atoms with Crippen molar-refractivity contribution < 1.29 is 19.1 Å². The highest BCUT2D eigenvalue weighted by atomic mass is 16.8. The normalized spacial score (nSPS) is 35.4. The average molecular weight is 339 g/mol. The Morgan fingerprint density at radius 2 is 1.96 bits per heavy atom. The number of hydrogen-bond donors (Lipinski definition) is 3. The van der Waals surface area contributed by atoms with Crippen LogP contribution in [0.25, 0.3) is 0 Å². The van der Waals surface area contributed by atoms with E-state index in [4.69, 9.17) is 9.47 Å². The van der Waals surface area contributed by atoms with E-state index < -0.39 is 24.0 Å². The molecule has 0 saturated carbocycles. The Kier molecular flexibility index (Phi) is 6.01. The molecular formula is C17H29N3O4. The van der Waals surface area contributed by atoms with Crippen LogP contribution in [0.1, 0.15) is 34.1 Å². The lowest BCUT2D eigenvalue weighted by atomic mass is 9.93. The lowest BCUT2D eigenvalue weighted by Gasteiger charge is -2.31. The van der Waals surface area contributed by atoms with E-state index in [-0.39, 0.29) is 23.8 Å². The van der Waals surface area contributed by atoms with Crippen molar-refractivity contribution in [3.63, 3.8) is 0 Å². The molecule has 7 nitrogen and oxygen atoms in total. The molecule has 2 heterocycles. The molecule has 0 aliphatic carbocycles. The molecule has 136 valence electrons. The molecule has 0 aromatic heterocycles. The van der Waals surface area contributed by atoms with Gasteiger partial charge in [0.1, 0.15) is 12.1 Å². The van der Waals surface area contributed by atoms with Crippen molar-refractivity contribution in [2.45, 2.75) is 64.2 Å². The summed E-state index contributed by atoms with van der Waals surface area (Å²) in [5, 5.41) is 8.90. The molecule has 3 N–H and O–H groups in total. The first-order chi connectivity index (χ1) is 11.2. The third-order valence-electron chi connectivity index (χ3n) is 4.30. The molecule has 0 aromatic rings. The summed E-state index contributed by atoms with van der Waals surface area (Å²) < 4.78 is 11.8. The predicted molar refractivity (Wildman–Crippen MR) is 90.2 cm³/mol. The van der Waals surface area contributed by atoms with Crippen LogP contribution in [0.5, 0.6) is 0 Å². The number of carbonyl (C=O) groups excluding carboxylic acids is 2. The van der Waals surface area contributed by atoms with Crippen LogP contribution >= 0.6 is 0 Å². The molecule has 4 atom stereocenters. The van der Waals surface area contributed by atoms with E-state index in [0.717, 1.165) is 0 Å². The maximum Gasteiger partial charge on any atom is 0.252 e. The summed E-state index contributed by atoms with van der Waals surface area (Å²) in [4.78, 5) is 25.1. The molecule has 0 bridgehead atoms. The molecule has 2 amide bonds. The quantitative estimate of drug-likeness (QED) is 0.630. The van der Waals surface area contributed by atoms with E-state index in [9.17, 15) is 9.59 Å². The Balaban J connectivity index is 2.33. The first kappa shape index (κ1) is 18.9. The second-order valence-electron chi connectivity index (χ2n) is 7.07. The van der Waals surface area contributed by atoms with Crippen LogP contribution in [-0.4, -0.2) is 55.5 Å². The molecule has 0 unspecified atom stereocenters. The standard InChI is InChI=1S/C17H29N3O4/c1-10(2)12-13-14(24-17(3,4)23-13)16(22)19-9-7-6-8-11(18-5)15(21)20-12/h6,8,10-14,18H,7,9H2,1-5H3,(H,19,22)(H,20,21)/b8-6+/t11-,12-,13+,14-/m0/s1. The lowest BCUT2D eigenvalue weighted by molar-refractivity contribution is -0.157. The number of likely N-dealkylation sites (N-methyl/N-ethyl adjacent to an activating group) is 1. The van der Waals surface area contributed by atoms with Gasteiger partial charge in [-0.2, -0.15) is 0 Å². The summed E-state index contributed by atoms with van der Waals surface area (Å²) in [5.41, 5.74) is 0. The Hall–Kier alpha value is -1.44. The zero-order chi connectivity index (χ0) is 17.9. The van der Waals surface area contributed by atoms with Gasteiger partial charge in [0.2, 0.25) is 5.91 Å². The highest BCUT2D eigenvalue weighted by Gasteiger charge is 2.49. The number of rotatable bonds is 2. The first-order valence-corrected chi connectivity index (χ1v) is 8.53. The molecule has 24 heavy (non-hydrogen) atoms. The van der Waals surface area contributed by atoms with Gasteiger partial charge >= 0.3 is 0 Å². The highest BCUT2D eigenvalue weighted by molar-refractivity contribution is 5.85. The van der Waals surface area contributed by atoms with Gasteiger partial charge in [0.25, 0.3) is 5.91 Å². The van der Waals surface area contributed by atoms with Gasteiger partial charge in [-0.05, 0) is 33.2 Å². The highest BCUT2D eigenvalue weighted by Crippen LogP contribution is 2.32. The number of nitrogens with one attached hydrogen (secondary N) is 3. The van der Waals surface area contributed by atoms with E-state index in [1.165, 1.54) is 0 Å². The van der Waals surface area contributed by atoms with Crippen LogP contribution in [0, 0.1) is 5.92 Å². The van der Waals surface area contributed by atoms with Crippen molar-refractivity contribution >= 4 is 11.8 Å². The fourth-order valence-electron chi connectivity index (χ4n) is 3.06. The van der Waals surface area contributed by atoms with Crippen molar-refractivity contribution in [2.24, 2.45) is 5.92 Å². The van der Waals surface area contributed by atoms with Crippen LogP contribution < -0.4 is 16.0 Å². The predicted octanol–water partition coefficient (Wildman–Crippen LogP) is 0.311. The van der Waals surface area contributed by atoms with Gasteiger partial charge in [-0.25, -0.2) is 0 Å². The zero-order valence-corrected chi connectivity index (χ0v) is 15.1. The van der Waals surface area contributed by atoms with E-state index in [1.807, 2.05) is 26.0 Å². The van der Waals surface area contributed by atoms with Crippen LogP contribution in [0.2, 0.25) is 0 Å². The molecule has 7 heteroatoms. The second-order valence-corrected chi connectivity index (χ2v) is 7.07. The third-order valence-corrected chi connectivity index (χ3v) is 4.30. The summed E-state index contributed by atoms with van der Waals surface area (Å²) >= 11 is 0. The van der Waals surface area contributed by atoms with E-state index in [2.05, 4.69) is 16.0 Å². The van der Waals surface area contributed by atoms with Crippen LogP contribution in [0.15, 0.2) is 12.2 Å². The van der Waals surface area contributed by atoms with Crippen molar-refractivity contribution in [1.82, 2.24) is 16.0 Å². The summed E-state index contributed by atoms with van der Waals surface area (Å²) in [7, 11) is 1.74. The van der Waals surface area contributed by atoms with Crippen molar-refractivity contribution in [3.8, 4) is 0 Å². The topological polar surface area (TPSA) is 88.7 Å². The van der Waals surface area contributed by atoms with Gasteiger partial charge in [0.15, 0.2) is 11.9 Å². The maximum absolute atomic E-state index is 12.6. The summed E-state index contributed by atoms with van der Waals surface area (Å²) in [6.07, 6.45) is 3.06. The SMILES string of the molecule is CN[C@H]1/C=C/CCNC(=O)[C@H]2OC(C)(C)O[C@@H]2[C@H](C(C)C)NC1=O. The van der Waals surface area contributed by atoms with Crippen LogP contribution in [-0.2, 0) is 19.1 Å². The minimum atomic E-state index is -0.870. The maximum atomic E-state index is 12.6. The lowest BCUT2D eigenvalue weighted by Crippen LogP contribution is -2.57. The fraction of sp³-hybridized carbons (Fsp3) is 0.765. The molecule has 0 aromatic carbocycles. The van der Waals surface area contributed by atoms with Gasteiger partial charge in [-0.3, -0.25) is 9.59 Å². The number of fused-ring (bicyclic) bond motifs is 1. The molecule has 2 aliphatic rings. The molecule has 0 radical (unpaired) electrons. The summed E-state index contributed by atoms with van der Waals surface area (Å²) in [6, 6.07) is -0.756. The monoisotopic (exact) mass is 339 g/mol. The van der Waals surface area contributed by atoms with Gasteiger partial charge < -0.3 is 25.4 Å². The fourth-order valence-corrected chi connectivity index (χ4v) is 3.06. The number of carbonyl (C=O) groups is 2. The van der Waals surface area contributed by atoms with Gasteiger partial charge in [-0.1, -0.05) is 26.0 Å². The molecule has 1 fully saturated rings. The van der Waals surface area contributed by atoms with Crippen molar-refractivity contribution in [3.05, 3.63) is 12.2 Å². The molecule has 0 spiro atoms. The first-order valence-electron chi connectivity index (χ1n) is 8.53. The largest absolute Gasteiger partial charge is 0.353 e. The number of ether oxygens (including phenoxy) is 2. The minimum absolute atomic E-state index is 0.0798. The Labute approximate surface area is 143 Å². The molecule has 1 saturated heterocycles. The average Bonchev–Trinajstić information content (AvgIpc) is 2.82. The molecular weight excluding hydrogens is 310 g/mol. The van der Waals surface area contributed by atoms with E-state index in [0.29, 0.717) is 13.0 Å². The van der Waals surface area contributed by atoms with E-state index in [1.54, 1.807) is 20.9 Å². The Bertz CT molecular complexity index is 504. The van der Waals surface area contributed by atoms with Crippen LogP contribution in [0.3, 0.4) is 0 Å². The molecule has 2 aliphatic heterocycles. The van der Waals surface area contributed by atoms with Crippen molar-refractivity contribution in [2.75, 3.05) is 13.6 Å². The van der Waals surface area contributed by atoms with E-state index >= 15 is 0 Å². The summed E-state index contributed by atoms with van der Waals surface area (Å²) in [6.45, 7) is 8.03. The Morgan fingerprint density at radius 1 is 1.25 bits per heavy atom. The number of hydrogen-bond acceptors (Lipinski definition) is 5. The summed E-state index contributed by atoms with van der Waals surface area (Å²) in [5.74, 6) is -1.13. The van der Waals surface area contributed by atoms with Crippen LogP contribution in [0.4, 0.5) is 0 Å². The smallest absolute Gasteiger partial charge is 0.252 e. The zero-order valence-electron chi connectivity index (χ0n) is 15.1. The minimum Gasteiger partial charge on any atom is -0.353 e. The third kappa shape index (κ3) is 4.34. The van der Waals surface area contributed by atoms with Gasteiger partial charge in [-0.15, -0.1) is 0 Å². The van der Waals surface area contributed by atoms with Gasteiger partial charge in [0.05, 0.1) is 6.04 Å². The molecule has 2 rings (SSSR count). The Morgan fingerprint density at radius 3 is 2.58 bits per heavy atom. The second kappa shape index (κ2) is 7.63. The van der Waals surface area contributed by atoms with Gasteiger partial charge in [0, 0.05) is 6.54 Å². The number of amides is 2.